The number of benzene rings is 2. The summed E-state index contributed by atoms with van der Waals surface area (Å²) >= 11 is 0. The van der Waals surface area contributed by atoms with E-state index in [0.717, 1.165) is 42.9 Å². The van der Waals surface area contributed by atoms with Crippen molar-refractivity contribution < 1.29 is 9.47 Å². The van der Waals surface area contributed by atoms with E-state index in [9.17, 15) is 5.26 Å². The summed E-state index contributed by atoms with van der Waals surface area (Å²) in [7, 11) is 0. The molecule has 1 saturated heterocycles. The van der Waals surface area contributed by atoms with Gasteiger partial charge in [0.25, 0.3) is 0 Å². The zero-order chi connectivity index (χ0) is 28.6. The fourth-order valence-electron chi connectivity index (χ4n) is 4.98. The number of epoxide rings is 1. The van der Waals surface area contributed by atoms with E-state index in [1.54, 1.807) is 0 Å². The highest BCUT2D eigenvalue weighted by atomic mass is 16.6. The maximum absolute atomic E-state index is 9.58. The molecule has 5 nitrogen and oxygen atoms in total. The zero-order valence-electron chi connectivity index (χ0n) is 24.9. The first-order chi connectivity index (χ1) is 18.8. The Labute approximate surface area is 235 Å². The molecule has 1 fully saturated rings. The van der Waals surface area contributed by atoms with E-state index in [1.165, 1.54) is 29.5 Å². The van der Waals surface area contributed by atoms with Crippen molar-refractivity contribution in [3.05, 3.63) is 76.9 Å². The number of ether oxygens (including phenoxy) is 2. The van der Waals surface area contributed by atoms with Crippen LogP contribution in [0.3, 0.4) is 0 Å². The maximum atomic E-state index is 9.58. The third kappa shape index (κ3) is 7.46. The maximum Gasteiger partial charge on any atom is 0.137 e. The molecule has 2 aliphatic heterocycles. The van der Waals surface area contributed by atoms with E-state index in [4.69, 9.17) is 9.47 Å². The largest absolute Gasteiger partial charge is 0.490 e. The van der Waals surface area contributed by atoms with Crippen LogP contribution in [0.4, 0.5) is 0 Å². The van der Waals surface area contributed by atoms with Gasteiger partial charge in [0.1, 0.15) is 11.8 Å². The van der Waals surface area contributed by atoms with Gasteiger partial charge in [-0.3, -0.25) is 0 Å². The van der Waals surface area contributed by atoms with Crippen molar-refractivity contribution in [1.29, 1.82) is 5.26 Å². The Morgan fingerprint density at radius 1 is 1.23 bits per heavy atom. The number of hydrogen-bond acceptors (Lipinski definition) is 5. The Morgan fingerprint density at radius 2 is 1.97 bits per heavy atom. The Bertz CT molecular complexity index is 1250. The molecule has 0 N–H and O–H groups in total. The van der Waals surface area contributed by atoms with Gasteiger partial charge in [0.2, 0.25) is 0 Å². The lowest BCUT2D eigenvalue weighted by molar-refractivity contribution is 0.241. The quantitative estimate of drug-likeness (QED) is 0.280. The second-order valence-corrected chi connectivity index (χ2v) is 10.8. The lowest BCUT2D eigenvalue weighted by Gasteiger charge is -2.27. The third-order valence-corrected chi connectivity index (χ3v) is 7.59. The number of rotatable bonds is 6. The zero-order valence-corrected chi connectivity index (χ0v) is 24.9. The molecule has 0 spiro atoms. The van der Waals surface area contributed by atoms with Gasteiger partial charge < -0.3 is 9.47 Å². The third-order valence-electron chi connectivity index (χ3n) is 7.59. The van der Waals surface area contributed by atoms with Crippen molar-refractivity contribution in [1.82, 2.24) is 0 Å². The van der Waals surface area contributed by atoms with Crippen LogP contribution in [-0.4, -0.2) is 29.7 Å². The normalized spacial score (nSPS) is 22.9. The van der Waals surface area contributed by atoms with Gasteiger partial charge >= 0.3 is 0 Å². The molecule has 2 heterocycles. The van der Waals surface area contributed by atoms with Crippen LogP contribution >= 0.6 is 0 Å². The summed E-state index contributed by atoms with van der Waals surface area (Å²) in [4.78, 5) is 0. The molecule has 0 saturated carbocycles. The van der Waals surface area contributed by atoms with Gasteiger partial charge in [0.15, 0.2) is 0 Å². The van der Waals surface area contributed by atoms with E-state index >= 15 is 0 Å². The van der Waals surface area contributed by atoms with E-state index in [0.29, 0.717) is 22.8 Å². The molecule has 3 atom stereocenters. The van der Waals surface area contributed by atoms with Crippen LogP contribution in [0.15, 0.2) is 59.3 Å². The van der Waals surface area contributed by atoms with Gasteiger partial charge in [0.05, 0.1) is 35.3 Å². The van der Waals surface area contributed by atoms with Gasteiger partial charge in [-0.1, -0.05) is 52.0 Å². The van der Waals surface area contributed by atoms with E-state index in [-0.39, 0.29) is 12.0 Å². The average Bonchev–Trinajstić information content (AvgIpc) is 3.71. The van der Waals surface area contributed by atoms with Gasteiger partial charge in [0, 0.05) is 23.5 Å². The molecule has 3 aliphatic rings. The van der Waals surface area contributed by atoms with Crippen molar-refractivity contribution in [2.75, 3.05) is 6.61 Å². The highest BCUT2D eigenvalue weighted by Gasteiger charge is 2.36. The lowest BCUT2D eigenvalue weighted by Crippen LogP contribution is -2.23. The number of fused-ring (bicyclic) bond motifs is 1. The molecular weight excluding hydrogens is 482 g/mol. The number of nitriles is 1. The van der Waals surface area contributed by atoms with Crippen LogP contribution in [0.1, 0.15) is 108 Å². The van der Waals surface area contributed by atoms with Gasteiger partial charge in [-0.05, 0) is 81.7 Å². The molecule has 0 amide bonds. The Hall–Kier alpha value is -3.23. The van der Waals surface area contributed by atoms with Crippen LogP contribution in [-0.2, 0) is 11.2 Å². The SMILES string of the molecule is C=CC1CC(c2cccc3c2CCC[C@@H]3C)=NN=C1c1ccc(OC(C)C)c(C#N)c1.CC.CCC1(C)CO1. The average molecular weight is 528 g/mol. The molecule has 5 heteroatoms. The van der Waals surface area contributed by atoms with Crippen LogP contribution in [0.2, 0.25) is 0 Å². The lowest BCUT2D eigenvalue weighted by atomic mass is 9.79. The first-order valence-corrected chi connectivity index (χ1v) is 14.5. The topological polar surface area (TPSA) is 70.3 Å². The number of nitrogens with zero attached hydrogens (tertiary/aromatic N) is 3. The predicted molar refractivity (Wildman–Crippen MR) is 162 cm³/mol. The summed E-state index contributed by atoms with van der Waals surface area (Å²) in [6, 6.07) is 14.5. The fourth-order valence-corrected chi connectivity index (χ4v) is 4.98. The fraction of sp³-hybridized carbons (Fsp3) is 0.500. The molecule has 1 aliphatic carbocycles. The molecule has 2 aromatic carbocycles. The summed E-state index contributed by atoms with van der Waals surface area (Å²) in [5.41, 5.74) is 7.70. The molecule has 39 heavy (non-hydrogen) atoms. The molecule has 5 rings (SSSR count). The van der Waals surface area contributed by atoms with Crippen LogP contribution < -0.4 is 4.74 Å². The summed E-state index contributed by atoms with van der Waals surface area (Å²) in [6.45, 7) is 19.5. The van der Waals surface area contributed by atoms with Crippen LogP contribution in [0.5, 0.6) is 5.75 Å². The van der Waals surface area contributed by atoms with Gasteiger partial charge in [-0.2, -0.15) is 15.5 Å². The minimum absolute atomic E-state index is 0.0116. The van der Waals surface area contributed by atoms with Crippen molar-refractivity contribution in [3.8, 4) is 11.8 Å². The summed E-state index contributed by atoms with van der Waals surface area (Å²) < 4.78 is 10.8. The molecule has 208 valence electrons. The second-order valence-electron chi connectivity index (χ2n) is 10.8. The molecule has 0 bridgehead atoms. The Kier molecular flexibility index (Phi) is 10.7. The highest BCUT2D eigenvalue weighted by molar-refractivity contribution is 6.11. The Morgan fingerprint density at radius 3 is 2.56 bits per heavy atom. The molecule has 0 radical (unpaired) electrons. The monoisotopic (exact) mass is 527 g/mol. The minimum atomic E-state index is 0.0116. The van der Waals surface area contributed by atoms with Crippen molar-refractivity contribution in [3.63, 3.8) is 0 Å². The molecular formula is C34H45N3O2. The molecule has 2 unspecified atom stereocenters. The van der Waals surface area contributed by atoms with Crippen LogP contribution in [0, 0.1) is 17.2 Å². The van der Waals surface area contributed by atoms with Crippen LogP contribution in [0.25, 0.3) is 0 Å². The van der Waals surface area contributed by atoms with Crippen molar-refractivity contribution in [2.45, 2.75) is 98.2 Å². The highest BCUT2D eigenvalue weighted by Crippen LogP contribution is 2.35. The number of hydrogen-bond donors (Lipinski definition) is 0. The first kappa shape index (κ1) is 30.3. The van der Waals surface area contributed by atoms with Crippen molar-refractivity contribution in [2.24, 2.45) is 16.1 Å². The van der Waals surface area contributed by atoms with E-state index in [1.807, 2.05) is 52.0 Å². The number of allylic oxidation sites excluding steroid dienone is 1. The van der Waals surface area contributed by atoms with Crippen molar-refractivity contribution >= 4 is 11.4 Å². The summed E-state index contributed by atoms with van der Waals surface area (Å²) in [5.74, 6) is 1.24. The standard InChI is InChI=1S/C27H29N3O.C5H10O.C2H6/c1-5-19-15-25(24-11-7-9-22-18(4)8-6-10-23(22)24)29-30-27(19)20-12-13-26(31-17(2)3)21(14-20)16-28;1-3-5(2)4-6-5;1-2/h5,7,9,11-14,17-19H,1,6,8,10,15H2,2-4H3;3-4H2,1-2H3;1-2H3/t18-,19?;;/m0../s1. The molecule has 0 aromatic heterocycles. The predicted octanol–water partition coefficient (Wildman–Crippen LogP) is 8.40. The van der Waals surface area contributed by atoms with Gasteiger partial charge in [-0.25, -0.2) is 0 Å². The van der Waals surface area contributed by atoms with E-state index in [2.05, 4.69) is 61.8 Å². The Balaban J connectivity index is 0.000000457. The second kappa shape index (κ2) is 13.7. The van der Waals surface area contributed by atoms with E-state index < -0.39 is 0 Å². The van der Waals surface area contributed by atoms with Gasteiger partial charge in [-0.15, -0.1) is 6.58 Å². The molecule has 2 aromatic rings. The summed E-state index contributed by atoms with van der Waals surface area (Å²) in [5, 5.41) is 18.9. The minimum Gasteiger partial charge on any atom is -0.490 e. The summed E-state index contributed by atoms with van der Waals surface area (Å²) in [6.07, 6.45) is 7.45. The first-order valence-electron chi connectivity index (χ1n) is 14.5. The smallest absolute Gasteiger partial charge is 0.137 e.